The van der Waals surface area contributed by atoms with E-state index < -0.39 is 43.8 Å². The highest BCUT2D eigenvalue weighted by molar-refractivity contribution is 8.07. The van der Waals surface area contributed by atoms with Crippen molar-refractivity contribution >= 4 is 41.4 Å². The molecule has 38 heavy (non-hydrogen) atoms. The van der Waals surface area contributed by atoms with Crippen molar-refractivity contribution in [3.63, 3.8) is 0 Å². The number of nitrogens with zero attached hydrogens (tertiary/aromatic N) is 5. The second-order valence-electron chi connectivity index (χ2n) is 7.90. The van der Waals surface area contributed by atoms with Crippen LogP contribution in [0.4, 0.5) is 10.2 Å². The molecule has 15 heteroatoms. The summed E-state index contributed by atoms with van der Waals surface area (Å²) in [6, 6.07) is 10.4. The van der Waals surface area contributed by atoms with Gasteiger partial charge in [-0.05, 0) is 23.9 Å². The number of alkyl halides is 1. The first kappa shape index (κ1) is 27.9. The summed E-state index contributed by atoms with van der Waals surface area (Å²) in [6.07, 6.45) is -1.71. The number of hydrogen-bond donors (Lipinski definition) is 2. The highest BCUT2D eigenvalue weighted by atomic mass is 32.5. The molecular weight excluding hydrogens is 538 g/mol. The third-order valence-electron chi connectivity index (χ3n) is 5.41. The average molecular weight is 563 g/mol. The molecular formula is C23H24FN6O6PS. The van der Waals surface area contributed by atoms with Gasteiger partial charge in [0.25, 0.3) is 5.91 Å². The second-order valence-corrected chi connectivity index (χ2v) is 10.9. The maximum absolute atomic E-state index is 15.8. The minimum absolute atomic E-state index is 0.0232. The number of aromatic nitrogens is 4. The molecule has 0 aliphatic carbocycles. The van der Waals surface area contributed by atoms with Gasteiger partial charge in [0.05, 0.1) is 38.6 Å². The van der Waals surface area contributed by atoms with Crippen LogP contribution in [0.25, 0.3) is 11.2 Å². The first-order valence-electron chi connectivity index (χ1n) is 11.4. The molecule has 4 rings (SSSR count). The van der Waals surface area contributed by atoms with Crippen molar-refractivity contribution < 1.29 is 32.6 Å². The molecule has 1 aliphatic rings. The molecule has 2 aromatic heterocycles. The van der Waals surface area contributed by atoms with Crippen LogP contribution >= 0.6 is 6.72 Å². The number of aliphatic hydroxyl groups is 1. The summed E-state index contributed by atoms with van der Waals surface area (Å²) in [7, 11) is 0. The number of fused-ring (bicyclic) bond motifs is 1. The molecule has 0 radical (unpaired) electrons. The van der Waals surface area contributed by atoms with Gasteiger partial charge in [0.15, 0.2) is 29.4 Å². The van der Waals surface area contributed by atoms with E-state index >= 15 is 4.39 Å². The molecule has 200 valence electrons. The molecule has 12 nitrogen and oxygen atoms in total. The van der Waals surface area contributed by atoms with Gasteiger partial charge in [0.1, 0.15) is 18.5 Å². The zero-order chi connectivity index (χ0) is 27.1. The molecule has 2 N–H and O–H groups in total. The fraction of sp³-hybridized carbons (Fsp3) is 0.348. The number of anilines is 1. The van der Waals surface area contributed by atoms with Crippen LogP contribution in [0.15, 0.2) is 55.6 Å². The third kappa shape index (κ3) is 6.11. The lowest BCUT2D eigenvalue weighted by Crippen LogP contribution is -2.33. The molecule has 3 heterocycles. The topological polar surface area (TPSA) is 154 Å². The molecule has 3 unspecified atom stereocenters. The number of nitriles is 1. The summed E-state index contributed by atoms with van der Waals surface area (Å²) >= 11 is 5.39. The summed E-state index contributed by atoms with van der Waals surface area (Å²) < 4.78 is 39.6. The summed E-state index contributed by atoms with van der Waals surface area (Å²) in [5.74, 6) is -0.280. The zero-order valence-electron chi connectivity index (χ0n) is 19.9. The summed E-state index contributed by atoms with van der Waals surface area (Å²) in [5, 5.41) is 21.4. The van der Waals surface area contributed by atoms with E-state index in [2.05, 4.69) is 26.8 Å². The number of amides is 1. The first-order chi connectivity index (χ1) is 18.4. The van der Waals surface area contributed by atoms with Gasteiger partial charge in [-0.3, -0.25) is 13.9 Å². The fourth-order valence-electron chi connectivity index (χ4n) is 3.68. The number of nitrogens with one attached hydrogen (secondary N) is 1. The average Bonchev–Trinajstić information content (AvgIpc) is 3.49. The number of ether oxygens (including phenoxy) is 1. The van der Waals surface area contributed by atoms with Crippen LogP contribution in [0.5, 0.6) is 0 Å². The molecule has 3 aromatic rings. The van der Waals surface area contributed by atoms with Gasteiger partial charge < -0.3 is 24.2 Å². The van der Waals surface area contributed by atoms with Gasteiger partial charge >= 0.3 is 6.72 Å². The smallest absolute Gasteiger partial charge is 0.327 e. The molecule has 1 fully saturated rings. The van der Waals surface area contributed by atoms with E-state index in [1.807, 2.05) is 6.07 Å². The minimum Gasteiger partial charge on any atom is -0.394 e. The van der Waals surface area contributed by atoms with Crippen LogP contribution < -0.4 is 5.32 Å². The van der Waals surface area contributed by atoms with Crippen molar-refractivity contribution in [1.29, 1.82) is 5.26 Å². The number of aliphatic hydroxyl groups excluding tert-OH is 1. The van der Waals surface area contributed by atoms with Crippen molar-refractivity contribution in [2.24, 2.45) is 0 Å². The van der Waals surface area contributed by atoms with Crippen LogP contribution in [0.3, 0.4) is 0 Å². The van der Waals surface area contributed by atoms with Crippen LogP contribution in [-0.2, 0) is 30.1 Å². The summed E-state index contributed by atoms with van der Waals surface area (Å²) in [5.41, 5.74) is 0.802. The van der Waals surface area contributed by atoms with E-state index in [1.54, 1.807) is 30.3 Å². The zero-order valence-corrected chi connectivity index (χ0v) is 21.6. The van der Waals surface area contributed by atoms with Gasteiger partial charge in [-0.2, -0.15) is 5.26 Å². The van der Waals surface area contributed by atoms with Crippen LogP contribution in [0, 0.1) is 11.3 Å². The minimum atomic E-state index is -3.53. The molecule has 1 aliphatic heterocycles. The van der Waals surface area contributed by atoms with Gasteiger partial charge in [-0.25, -0.2) is 19.3 Å². The number of carbonyl (C=O) groups excluding carboxylic acids is 1. The maximum atomic E-state index is 15.8. The van der Waals surface area contributed by atoms with Crippen LogP contribution in [-0.4, -0.2) is 68.7 Å². The van der Waals surface area contributed by atoms with Crippen molar-refractivity contribution in [1.82, 2.24) is 19.5 Å². The van der Waals surface area contributed by atoms with Crippen LogP contribution in [0.2, 0.25) is 0 Å². The van der Waals surface area contributed by atoms with E-state index in [1.165, 1.54) is 23.3 Å². The highest BCUT2D eigenvalue weighted by Crippen LogP contribution is 2.54. The molecule has 1 aromatic carbocycles. The Morgan fingerprint density at radius 1 is 1.34 bits per heavy atom. The SMILES string of the molecule is C=CCOP(=S)(OCCC#N)O[C@@H]1C(CO)OC(n2cnc3c(NC(=O)c4ccccc4)ncnc32)[C@@H]1F. The van der Waals surface area contributed by atoms with E-state index in [0.717, 1.165) is 0 Å². The Labute approximate surface area is 222 Å². The standard InChI is InChI=1S/C23H24FN6O6PS/c1-2-10-33-37(38,34-11-6-9-25)36-19-16(12-31)35-23(17(19)24)30-14-28-18-20(26-13-27-21(18)30)29-22(32)15-7-4-3-5-8-15/h2-5,7-8,13-14,16-17,19,23,31H,1,6,10-12H2,(H,26,27,29,32)/t16?,17-,19-,23?,37?/m1/s1. The molecule has 5 atom stereocenters. The first-order valence-corrected chi connectivity index (χ1v) is 14.0. The monoisotopic (exact) mass is 562 g/mol. The van der Waals surface area contributed by atoms with E-state index in [-0.39, 0.29) is 36.6 Å². The fourth-order valence-corrected chi connectivity index (χ4v) is 5.74. The molecule has 0 spiro atoms. The number of rotatable bonds is 12. The number of benzene rings is 1. The Hall–Kier alpha value is -3.15. The lowest BCUT2D eigenvalue weighted by molar-refractivity contribution is -0.0451. The van der Waals surface area contributed by atoms with Gasteiger partial charge in [0.2, 0.25) is 0 Å². The summed E-state index contributed by atoms with van der Waals surface area (Å²) in [6.45, 7) is -0.667. The van der Waals surface area contributed by atoms with Crippen LogP contribution in [0.1, 0.15) is 23.0 Å². The van der Waals surface area contributed by atoms with Gasteiger partial charge in [-0.1, -0.05) is 24.3 Å². The Bertz CT molecular complexity index is 1370. The van der Waals surface area contributed by atoms with E-state index in [9.17, 15) is 9.90 Å². The normalized spacial score (nSPS) is 22.6. The predicted molar refractivity (Wildman–Crippen MR) is 137 cm³/mol. The van der Waals surface area contributed by atoms with Crippen molar-refractivity contribution in [3.05, 3.63) is 61.2 Å². The number of hydrogen-bond acceptors (Lipinski definition) is 11. The third-order valence-corrected chi connectivity index (χ3v) is 7.77. The van der Waals surface area contributed by atoms with E-state index in [0.29, 0.717) is 5.56 Å². The Morgan fingerprint density at radius 3 is 2.84 bits per heavy atom. The Morgan fingerprint density at radius 2 is 2.13 bits per heavy atom. The van der Waals surface area contributed by atoms with Crippen molar-refractivity contribution in [3.8, 4) is 6.07 Å². The number of halogens is 1. The predicted octanol–water partition coefficient (Wildman–Crippen LogP) is 3.05. The quantitative estimate of drug-likeness (QED) is 0.190. The highest BCUT2D eigenvalue weighted by Gasteiger charge is 2.50. The second kappa shape index (κ2) is 12.6. The molecule has 0 saturated carbocycles. The van der Waals surface area contributed by atoms with E-state index in [4.69, 9.17) is 35.4 Å². The van der Waals surface area contributed by atoms with Crippen molar-refractivity contribution in [2.75, 3.05) is 25.1 Å². The Balaban J connectivity index is 1.57. The number of carbonyl (C=O) groups is 1. The lowest BCUT2D eigenvalue weighted by Gasteiger charge is -2.27. The summed E-state index contributed by atoms with van der Waals surface area (Å²) in [4.78, 5) is 25.1. The maximum Gasteiger partial charge on any atom is 0.327 e. The lowest BCUT2D eigenvalue weighted by atomic mass is 10.1. The number of imidazole rings is 1. The van der Waals surface area contributed by atoms with Crippen molar-refractivity contribution in [2.45, 2.75) is 31.0 Å². The molecule has 1 saturated heterocycles. The van der Waals surface area contributed by atoms with Gasteiger partial charge in [0, 0.05) is 5.56 Å². The molecule has 0 bridgehead atoms. The largest absolute Gasteiger partial charge is 0.394 e. The Kier molecular flexibility index (Phi) is 9.24. The molecule has 1 amide bonds. The van der Waals surface area contributed by atoms with Gasteiger partial charge in [-0.15, -0.1) is 6.58 Å².